The van der Waals surface area contributed by atoms with Crippen LogP contribution in [-0.2, 0) is 21.7 Å². The third-order valence-electron chi connectivity index (χ3n) is 1.17. The van der Waals surface area contributed by atoms with Crippen LogP contribution < -0.4 is 0 Å². The molecule has 0 aromatic carbocycles. The van der Waals surface area contributed by atoms with Crippen molar-refractivity contribution >= 4 is 11.6 Å². The van der Waals surface area contributed by atoms with Crippen LogP contribution in [0.1, 0.15) is 19.8 Å². The first-order chi connectivity index (χ1) is 6.41. The zero-order chi connectivity index (χ0) is 9.78. The molecule has 0 fully saturated rings. The molecule has 2 aliphatic rings. The van der Waals surface area contributed by atoms with Crippen LogP contribution in [0.25, 0.3) is 0 Å². The number of halogens is 1. The van der Waals surface area contributed by atoms with Crippen molar-refractivity contribution in [2.45, 2.75) is 19.8 Å². The minimum atomic E-state index is 0. The summed E-state index contributed by atoms with van der Waals surface area (Å²) in [7, 11) is 0. The summed E-state index contributed by atoms with van der Waals surface area (Å²) in [6.45, 7) is 1.89. The van der Waals surface area contributed by atoms with Gasteiger partial charge in [-0.05, 0) is 0 Å². The van der Waals surface area contributed by atoms with E-state index in [0.29, 0.717) is 0 Å². The number of hydrogen-bond donors (Lipinski definition) is 0. The van der Waals surface area contributed by atoms with Crippen LogP contribution in [0.2, 0.25) is 0 Å². The molecule has 0 amide bonds. The van der Waals surface area contributed by atoms with Gasteiger partial charge in [0.2, 0.25) is 0 Å². The number of hydrogen-bond acceptors (Lipinski definition) is 0. The van der Waals surface area contributed by atoms with Gasteiger partial charge in [-0.2, -0.15) is 12.2 Å². The quantitative estimate of drug-likeness (QED) is 0.344. The summed E-state index contributed by atoms with van der Waals surface area (Å²) in [6.07, 6.45) is 20.0. The molecule has 0 aliphatic heterocycles. The third kappa shape index (κ3) is 14.5. The smallest absolute Gasteiger partial charge is 0.273 e. The van der Waals surface area contributed by atoms with Gasteiger partial charge in [0.1, 0.15) is 0 Å². The van der Waals surface area contributed by atoms with Gasteiger partial charge in [0.25, 0.3) is 0 Å². The fourth-order valence-corrected chi connectivity index (χ4v) is 0.680. The molecule has 74 valence electrons. The number of allylic oxidation sites excluding steroid dienone is 8. The van der Waals surface area contributed by atoms with Gasteiger partial charge in [0, 0.05) is 5.88 Å². The molecular formula is C12H15ClTi. The fourth-order valence-electron chi connectivity index (χ4n) is 0.680. The Hall–Kier alpha value is -0.0357. The zero-order valence-electron chi connectivity index (χ0n) is 8.46. The Labute approximate surface area is 107 Å². The molecule has 2 heteroatoms. The van der Waals surface area contributed by atoms with Crippen molar-refractivity contribution in [2.75, 3.05) is 5.88 Å². The summed E-state index contributed by atoms with van der Waals surface area (Å²) >= 11 is 5.00. The van der Waals surface area contributed by atoms with Crippen LogP contribution in [0.4, 0.5) is 0 Å². The van der Waals surface area contributed by atoms with Crippen molar-refractivity contribution in [3.05, 3.63) is 48.6 Å². The molecular weight excluding hydrogens is 227 g/mol. The first-order valence-corrected chi connectivity index (χ1v) is 4.94. The van der Waals surface area contributed by atoms with E-state index < -0.39 is 0 Å². The maximum Gasteiger partial charge on any atom is 2.00 e. The van der Waals surface area contributed by atoms with E-state index in [1.165, 1.54) is 0 Å². The van der Waals surface area contributed by atoms with E-state index in [0.717, 1.165) is 18.7 Å². The van der Waals surface area contributed by atoms with Crippen LogP contribution in [0.3, 0.4) is 0 Å². The standard InChI is InChI=1S/2C5H5.C2H5Cl.Ti/c2*1-2-4-5-3-1;1-2-3;/h2*1-3H,4H2;2H2,1H3;/q2*-1;;+2. The number of rotatable bonds is 0. The minimum absolute atomic E-state index is 0. The molecule has 0 spiro atoms. The van der Waals surface area contributed by atoms with Crippen molar-refractivity contribution < 1.29 is 21.7 Å². The number of alkyl halides is 1. The van der Waals surface area contributed by atoms with Crippen LogP contribution in [0.5, 0.6) is 0 Å². The summed E-state index contributed by atoms with van der Waals surface area (Å²) in [4.78, 5) is 0. The van der Waals surface area contributed by atoms with E-state index in [9.17, 15) is 0 Å². The molecule has 0 saturated carbocycles. The Morgan fingerprint density at radius 1 is 1.07 bits per heavy atom. The van der Waals surface area contributed by atoms with Crippen molar-refractivity contribution in [1.29, 1.82) is 0 Å². The van der Waals surface area contributed by atoms with Crippen molar-refractivity contribution in [1.82, 2.24) is 0 Å². The summed E-state index contributed by atoms with van der Waals surface area (Å²) in [6, 6.07) is 0. The van der Waals surface area contributed by atoms with E-state index >= 15 is 0 Å². The molecule has 0 aromatic heterocycles. The monoisotopic (exact) mass is 242 g/mol. The van der Waals surface area contributed by atoms with E-state index in [1.807, 2.05) is 31.2 Å². The molecule has 14 heavy (non-hydrogen) atoms. The average Bonchev–Trinajstić information content (AvgIpc) is 2.85. The molecule has 2 rings (SSSR count). The van der Waals surface area contributed by atoms with Gasteiger partial charge >= 0.3 is 21.7 Å². The maximum atomic E-state index is 5.00. The van der Waals surface area contributed by atoms with Gasteiger partial charge in [-0.15, -0.1) is 24.4 Å². The van der Waals surface area contributed by atoms with Gasteiger partial charge in [0.15, 0.2) is 0 Å². The fraction of sp³-hybridized carbons (Fsp3) is 0.333. The van der Waals surface area contributed by atoms with Crippen LogP contribution in [0.15, 0.2) is 36.5 Å². The Morgan fingerprint density at radius 3 is 1.50 bits per heavy atom. The summed E-state index contributed by atoms with van der Waals surface area (Å²) in [5.41, 5.74) is 0. The molecule has 2 aliphatic carbocycles. The Balaban J connectivity index is 0. The predicted molar refractivity (Wildman–Crippen MR) is 59.5 cm³/mol. The second-order valence-electron chi connectivity index (χ2n) is 2.27. The van der Waals surface area contributed by atoms with E-state index in [1.54, 1.807) is 0 Å². The third-order valence-corrected chi connectivity index (χ3v) is 1.17. The average molecular weight is 243 g/mol. The minimum Gasteiger partial charge on any atom is -0.273 e. The molecule has 0 N–H and O–H groups in total. The molecule has 0 saturated heterocycles. The van der Waals surface area contributed by atoms with Crippen molar-refractivity contribution in [3.63, 3.8) is 0 Å². The predicted octanol–water partition coefficient (Wildman–Crippen LogP) is 3.85. The van der Waals surface area contributed by atoms with E-state index in [4.69, 9.17) is 11.6 Å². The maximum absolute atomic E-state index is 5.00. The van der Waals surface area contributed by atoms with E-state index in [2.05, 4.69) is 24.3 Å². The first kappa shape index (κ1) is 16.4. The SMILES string of the molecule is CCCl.[C-]1=CC=CC1.[C-]1=CC=CC1.[Ti+2]. The molecule has 0 aromatic rings. The molecule has 0 nitrogen and oxygen atoms in total. The Bertz CT molecular complexity index is 160. The molecule has 0 unspecified atom stereocenters. The summed E-state index contributed by atoms with van der Waals surface area (Å²) in [5.74, 6) is 0.722. The first-order valence-electron chi connectivity index (χ1n) is 4.41. The Morgan fingerprint density at radius 2 is 1.43 bits per heavy atom. The second-order valence-corrected chi connectivity index (χ2v) is 2.81. The normalized spacial score (nSPS) is 13.9. The molecule has 0 atom stereocenters. The largest absolute Gasteiger partial charge is 2.00 e. The Kier molecular flexibility index (Phi) is 18.1. The van der Waals surface area contributed by atoms with Gasteiger partial charge in [0.05, 0.1) is 0 Å². The van der Waals surface area contributed by atoms with Gasteiger partial charge in [-0.25, -0.2) is 24.3 Å². The molecule has 0 heterocycles. The van der Waals surface area contributed by atoms with Crippen molar-refractivity contribution in [3.8, 4) is 0 Å². The van der Waals surface area contributed by atoms with Crippen LogP contribution in [-0.4, -0.2) is 5.88 Å². The molecule has 0 bridgehead atoms. The van der Waals surface area contributed by atoms with Gasteiger partial charge < -0.3 is 0 Å². The van der Waals surface area contributed by atoms with Crippen molar-refractivity contribution in [2.24, 2.45) is 0 Å². The van der Waals surface area contributed by atoms with E-state index in [-0.39, 0.29) is 21.7 Å². The summed E-state index contributed by atoms with van der Waals surface area (Å²) < 4.78 is 0. The van der Waals surface area contributed by atoms with Gasteiger partial charge in [-0.3, -0.25) is 12.2 Å². The topological polar surface area (TPSA) is 0 Å². The molecule has 0 radical (unpaired) electrons. The summed E-state index contributed by atoms with van der Waals surface area (Å²) in [5, 5.41) is 0. The zero-order valence-corrected chi connectivity index (χ0v) is 10.8. The van der Waals surface area contributed by atoms with Crippen LogP contribution >= 0.6 is 11.6 Å². The van der Waals surface area contributed by atoms with Gasteiger partial charge in [-0.1, -0.05) is 6.92 Å². The van der Waals surface area contributed by atoms with Crippen LogP contribution in [0, 0.1) is 12.2 Å². The second kappa shape index (κ2) is 15.4.